The molecule has 0 aromatic heterocycles. The number of ether oxygens (including phenoxy) is 1. The summed E-state index contributed by atoms with van der Waals surface area (Å²) in [5.74, 6) is -6.00. The van der Waals surface area contributed by atoms with E-state index in [2.05, 4.69) is 47.4 Å². The van der Waals surface area contributed by atoms with E-state index in [9.17, 15) is 69.3 Å². The smallest absolute Gasteiger partial charge is 0.248 e. The maximum absolute atomic E-state index is 14.6. The van der Waals surface area contributed by atoms with Crippen molar-refractivity contribution < 1.29 is 74.0 Å². The van der Waals surface area contributed by atoms with Crippen molar-refractivity contribution in [2.45, 2.75) is 203 Å². The number of carbonyl (C=O) groups excluding carboxylic acids is 7. The van der Waals surface area contributed by atoms with Crippen LogP contribution >= 0.6 is 0 Å². The van der Waals surface area contributed by atoms with Crippen LogP contribution in [0.2, 0.25) is 0 Å². The molecule has 24 heteroatoms. The minimum Gasteiger partial charge on any atom is -0.508 e. The Hall–Kier alpha value is -5.05. The largest absolute Gasteiger partial charge is 0.508 e. The third-order valence-corrected chi connectivity index (χ3v) is 14.6. The first-order chi connectivity index (χ1) is 36.1. The molecule has 3 fully saturated rings. The molecule has 0 aliphatic carbocycles. The van der Waals surface area contributed by atoms with Crippen LogP contribution < -0.4 is 38.1 Å². The molecular formula is C52H87N9O15. The molecule has 3 saturated heterocycles. The third-order valence-electron chi connectivity index (χ3n) is 14.6. The maximum Gasteiger partial charge on any atom is 0.248 e. The summed E-state index contributed by atoms with van der Waals surface area (Å²) >= 11 is 0. The number of benzene rings is 1. The molecule has 15 atom stereocenters. The number of aliphatic hydroxyl groups excluding tert-OH is 6. The molecule has 76 heavy (non-hydrogen) atoms. The second-order valence-corrected chi connectivity index (χ2v) is 21.0. The number of amides is 7. The summed E-state index contributed by atoms with van der Waals surface area (Å²) in [5.41, 5.74) is 11.9. The van der Waals surface area contributed by atoms with Gasteiger partial charge < -0.3 is 88.3 Å². The number of hydrogen-bond acceptors (Lipinski definition) is 17. The molecule has 0 radical (unpaired) electrons. The minimum atomic E-state index is -1.97. The topological polar surface area (TPSA) is 389 Å². The molecule has 24 nitrogen and oxygen atoms in total. The summed E-state index contributed by atoms with van der Waals surface area (Å²) in [4.78, 5) is 102. The van der Waals surface area contributed by atoms with Gasteiger partial charge in [-0.25, -0.2) is 0 Å². The van der Waals surface area contributed by atoms with E-state index in [-0.39, 0.29) is 57.7 Å². The molecule has 16 N–H and O–H groups in total. The van der Waals surface area contributed by atoms with Crippen molar-refractivity contribution in [3.05, 3.63) is 29.8 Å². The zero-order valence-electron chi connectivity index (χ0n) is 44.6. The predicted octanol–water partition coefficient (Wildman–Crippen LogP) is -2.38. The van der Waals surface area contributed by atoms with Gasteiger partial charge in [0.25, 0.3) is 0 Å². The summed E-state index contributed by atoms with van der Waals surface area (Å²) in [5, 5.41) is 90.2. The number of unbranched alkanes of at least 4 members (excludes halogenated alkanes) is 5. The SMILES string of the molecule is CCC(C)CC(C)CCCCCCCCC(=O)NC1CC(O)C(OCCN)NC(=O)C2C(O)CCN2C(=O)C(C(O)CCN)NC(=O)C(C(O)Cc2ccc(O)cc2)NC(=O)C2CC(O)CN2C(=O)C(C(C)O)NC1=O. The first kappa shape index (κ1) is 63.5. The number of carbonyl (C=O) groups is 7. The Balaban J connectivity index is 1.71. The van der Waals surface area contributed by atoms with Gasteiger partial charge in [-0.3, -0.25) is 33.6 Å². The van der Waals surface area contributed by atoms with Crippen LogP contribution in [0.4, 0.5) is 0 Å². The van der Waals surface area contributed by atoms with Gasteiger partial charge in [-0.2, -0.15) is 0 Å². The zero-order valence-corrected chi connectivity index (χ0v) is 44.6. The molecule has 1 aromatic rings. The average molecular weight is 1080 g/mol. The van der Waals surface area contributed by atoms with Gasteiger partial charge in [0, 0.05) is 45.3 Å². The highest BCUT2D eigenvalue weighted by Gasteiger charge is 2.48. The van der Waals surface area contributed by atoms with Crippen LogP contribution in [0.5, 0.6) is 5.75 Å². The number of nitrogens with two attached hydrogens (primary N) is 2. The normalized spacial score (nSPS) is 28.4. The molecule has 15 unspecified atom stereocenters. The van der Waals surface area contributed by atoms with Gasteiger partial charge >= 0.3 is 0 Å². The lowest BCUT2D eigenvalue weighted by molar-refractivity contribution is -0.149. The Morgan fingerprint density at radius 2 is 1.36 bits per heavy atom. The Morgan fingerprint density at radius 3 is 2.00 bits per heavy atom. The molecular weight excluding hydrogens is 991 g/mol. The van der Waals surface area contributed by atoms with Crippen LogP contribution in [-0.4, -0.2) is 199 Å². The number of phenolic OH excluding ortho intramolecular Hbond substituents is 1. The number of hydrogen-bond donors (Lipinski definition) is 14. The summed E-state index contributed by atoms with van der Waals surface area (Å²) < 4.78 is 5.74. The van der Waals surface area contributed by atoms with Gasteiger partial charge in [-0.15, -0.1) is 0 Å². The molecule has 3 heterocycles. The molecule has 0 bridgehead atoms. The average Bonchev–Trinajstić information content (AvgIpc) is 3.97. The number of phenols is 1. The van der Waals surface area contributed by atoms with Crippen molar-refractivity contribution in [1.82, 2.24) is 36.4 Å². The fourth-order valence-electron chi connectivity index (χ4n) is 10.1. The Kier molecular flexibility index (Phi) is 26.2. The third kappa shape index (κ3) is 18.9. The van der Waals surface area contributed by atoms with E-state index in [0.29, 0.717) is 30.2 Å². The van der Waals surface area contributed by atoms with Crippen molar-refractivity contribution in [2.24, 2.45) is 23.3 Å². The lowest BCUT2D eigenvalue weighted by Crippen LogP contribution is -2.64. The van der Waals surface area contributed by atoms with E-state index in [0.717, 1.165) is 48.3 Å². The Bertz CT molecular complexity index is 2040. The molecule has 0 saturated carbocycles. The molecule has 1 aromatic carbocycles. The van der Waals surface area contributed by atoms with Gasteiger partial charge in [-0.05, 0) is 68.7 Å². The number of nitrogens with zero attached hydrogens (tertiary/aromatic N) is 2. The monoisotopic (exact) mass is 1080 g/mol. The molecule has 7 amide bonds. The second-order valence-electron chi connectivity index (χ2n) is 21.0. The van der Waals surface area contributed by atoms with Gasteiger partial charge in [0.15, 0.2) is 6.23 Å². The zero-order chi connectivity index (χ0) is 56.2. The minimum absolute atomic E-state index is 0.0245. The van der Waals surface area contributed by atoms with Crippen molar-refractivity contribution in [3.63, 3.8) is 0 Å². The van der Waals surface area contributed by atoms with E-state index in [1.165, 1.54) is 37.6 Å². The van der Waals surface area contributed by atoms with E-state index < -0.39 is 140 Å². The van der Waals surface area contributed by atoms with Crippen LogP contribution in [0.1, 0.15) is 123 Å². The van der Waals surface area contributed by atoms with E-state index >= 15 is 0 Å². The van der Waals surface area contributed by atoms with Gasteiger partial charge in [-0.1, -0.05) is 77.8 Å². The number of rotatable bonds is 23. The summed E-state index contributed by atoms with van der Waals surface area (Å²) in [6.07, 6.45) is -4.89. The fraction of sp³-hybridized carbons (Fsp3) is 0.750. The maximum atomic E-state index is 14.6. The highest BCUT2D eigenvalue weighted by Crippen LogP contribution is 2.25. The number of nitrogens with one attached hydrogen (secondary N) is 5. The Morgan fingerprint density at radius 1 is 0.724 bits per heavy atom. The lowest BCUT2D eigenvalue weighted by atomic mass is 9.91. The molecule has 430 valence electrons. The molecule has 0 spiro atoms. The van der Waals surface area contributed by atoms with Crippen LogP contribution in [0.3, 0.4) is 0 Å². The van der Waals surface area contributed by atoms with Crippen molar-refractivity contribution in [2.75, 3.05) is 32.8 Å². The van der Waals surface area contributed by atoms with Crippen molar-refractivity contribution >= 4 is 41.4 Å². The number of aromatic hydroxyl groups is 1. The van der Waals surface area contributed by atoms with Crippen molar-refractivity contribution in [1.29, 1.82) is 0 Å². The van der Waals surface area contributed by atoms with Gasteiger partial charge in [0.1, 0.15) is 48.1 Å². The lowest BCUT2D eigenvalue weighted by Gasteiger charge is -2.34. The number of fused-ring (bicyclic) bond motifs is 2. The van der Waals surface area contributed by atoms with Gasteiger partial charge in [0.2, 0.25) is 41.4 Å². The predicted molar refractivity (Wildman–Crippen MR) is 277 cm³/mol. The van der Waals surface area contributed by atoms with Crippen LogP contribution in [0, 0.1) is 11.8 Å². The van der Waals surface area contributed by atoms with Crippen LogP contribution in [0.25, 0.3) is 0 Å². The van der Waals surface area contributed by atoms with Crippen molar-refractivity contribution in [3.8, 4) is 5.75 Å². The highest BCUT2D eigenvalue weighted by molar-refractivity contribution is 5.98. The molecule has 4 rings (SSSR count). The molecule has 3 aliphatic heterocycles. The first-order valence-electron chi connectivity index (χ1n) is 27.1. The van der Waals surface area contributed by atoms with Gasteiger partial charge in [0.05, 0.1) is 37.1 Å². The fourth-order valence-corrected chi connectivity index (χ4v) is 10.1. The Labute approximate surface area is 445 Å². The summed E-state index contributed by atoms with van der Waals surface area (Å²) in [7, 11) is 0. The molecule has 3 aliphatic rings. The number of aliphatic hydroxyl groups is 6. The quantitative estimate of drug-likeness (QED) is 0.0509. The first-order valence-corrected chi connectivity index (χ1v) is 27.1. The van der Waals surface area contributed by atoms with E-state index in [1.807, 2.05) is 0 Å². The van der Waals surface area contributed by atoms with Crippen LogP contribution in [0.15, 0.2) is 24.3 Å². The second kappa shape index (κ2) is 31.4. The van der Waals surface area contributed by atoms with E-state index in [1.54, 1.807) is 0 Å². The highest BCUT2D eigenvalue weighted by atomic mass is 16.5. The van der Waals surface area contributed by atoms with Crippen LogP contribution in [-0.2, 0) is 44.7 Å². The summed E-state index contributed by atoms with van der Waals surface area (Å²) in [6, 6.07) is -5.21. The summed E-state index contributed by atoms with van der Waals surface area (Å²) in [6.45, 7) is 6.53. The standard InChI is InChI=1S/C52H87N9O15/c1-5-29(2)24-30(3)12-10-8-6-7-9-11-13-41(69)55-35-27-40(68)50(76-23-21-54)59-49(73)45-38(66)19-22-60(45)52(75)44(37(65)18-20-53)58-48(72)43(39(67)25-32-14-16-33(63)17-15-32)57-47(71)36-26-34(64)28-61(36)51(74)42(31(4)62)56-46(35)70/h14-17,29-31,34-40,42-45,50,62-68H,5-13,18-28,53-54H2,1-4H3,(H,55,69)(H,56,70)(H,57,71)(H,58,72)(H,59,73). The van der Waals surface area contributed by atoms with E-state index in [4.69, 9.17) is 16.2 Å².